The van der Waals surface area contributed by atoms with Crippen molar-refractivity contribution < 1.29 is 4.79 Å². The van der Waals surface area contributed by atoms with E-state index in [0.717, 1.165) is 48.7 Å². The van der Waals surface area contributed by atoms with Crippen LogP contribution in [0.1, 0.15) is 21.5 Å². The molecule has 0 saturated carbocycles. The molecule has 2 heterocycles. The van der Waals surface area contributed by atoms with Crippen molar-refractivity contribution in [3.8, 4) is 11.3 Å². The lowest BCUT2D eigenvalue weighted by atomic mass is 10.0. The predicted molar refractivity (Wildman–Crippen MR) is 142 cm³/mol. The Hall–Kier alpha value is -3.23. The van der Waals surface area contributed by atoms with E-state index in [9.17, 15) is 4.79 Å². The molecule has 0 atom stereocenters. The van der Waals surface area contributed by atoms with Crippen LogP contribution >= 0.6 is 22.6 Å². The van der Waals surface area contributed by atoms with Gasteiger partial charge in [-0.3, -0.25) is 4.79 Å². The number of H-pyrrole nitrogens is 1. The lowest BCUT2D eigenvalue weighted by Crippen LogP contribution is -2.23. The van der Waals surface area contributed by atoms with Crippen molar-refractivity contribution >= 4 is 50.3 Å². The maximum atomic E-state index is 13.3. The summed E-state index contributed by atoms with van der Waals surface area (Å²) < 4.78 is 1.07. The van der Waals surface area contributed by atoms with Gasteiger partial charge in [-0.15, -0.1) is 0 Å². The number of halogens is 1. The van der Waals surface area contributed by atoms with Gasteiger partial charge in [-0.05, 0) is 71.1 Å². The number of hydrogen-bond donors (Lipinski definition) is 3. The van der Waals surface area contributed by atoms with E-state index < -0.39 is 0 Å². The third-order valence-corrected chi connectivity index (χ3v) is 6.41. The van der Waals surface area contributed by atoms with Gasteiger partial charge >= 0.3 is 0 Å². The molecule has 164 valence electrons. The van der Waals surface area contributed by atoms with Crippen molar-refractivity contribution in [1.29, 1.82) is 0 Å². The van der Waals surface area contributed by atoms with Gasteiger partial charge in [0.25, 0.3) is 5.91 Å². The molecular weight excluding hydrogens is 523 g/mol. The van der Waals surface area contributed by atoms with E-state index in [0.29, 0.717) is 12.1 Å². The fourth-order valence-corrected chi connectivity index (χ4v) is 4.56. The van der Waals surface area contributed by atoms with E-state index in [1.807, 2.05) is 55.7 Å². The summed E-state index contributed by atoms with van der Waals surface area (Å²) in [6, 6.07) is 24.3. The number of nitrogens with zero attached hydrogens (tertiary/aromatic N) is 1. The molecule has 0 saturated heterocycles. The smallest absolute Gasteiger partial charge is 0.252 e. The van der Waals surface area contributed by atoms with Gasteiger partial charge in [-0.25, -0.2) is 4.98 Å². The normalized spacial score (nSPS) is 11.2. The summed E-state index contributed by atoms with van der Waals surface area (Å²) in [5.74, 6) is -0.107. The first-order chi connectivity index (χ1) is 16.1. The van der Waals surface area contributed by atoms with Gasteiger partial charge in [0.15, 0.2) is 0 Å². The van der Waals surface area contributed by atoms with Crippen LogP contribution in [0.4, 0.5) is 0 Å². The third kappa shape index (κ3) is 4.49. The lowest BCUT2D eigenvalue weighted by molar-refractivity contribution is 0.0952. The molecule has 0 aliphatic carbocycles. The molecule has 33 heavy (non-hydrogen) atoms. The Morgan fingerprint density at radius 3 is 2.48 bits per heavy atom. The molecule has 6 heteroatoms. The molecule has 0 spiro atoms. The highest BCUT2D eigenvalue weighted by molar-refractivity contribution is 14.1. The highest BCUT2D eigenvalue weighted by Crippen LogP contribution is 2.31. The average molecular weight is 546 g/mol. The first-order valence-corrected chi connectivity index (χ1v) is 11.9. The largest absolute Gasteiger partial charge is 0.360 e. The summed E-state index contributed by atoms with van der Waals surface area (Å²) in [4.78, 5) is 21.5. The standard InChI is InChI=1S/C27H23IN4O/c1-29-14-17-6-8-18(9-7-17)15-31-27(33)22-13-26(32-25-11-10-19(28)12-21(22)25)23-16-30-24-5-3-2-4-20(23)24/h2-13,16,29-30H,14-15H2,1H3,(H,31,33). The number of benzene rings is 3. The lowest BCUT2D eigenvalue weighted by Gasteiger charge is -2.11. The van der Waals surface area contributed by atoms with Crippen LogP contribution in [0.5, 0.6) is 0 Å². The van der Waals surface area contributed by atoms with Gasteiger partial charge < -0.3 is 15.6 Å². The van der Waals surface area contributed by atoms with Crippen LogP contribution in [0.25, 0.3) is 33.1 Å². The Kier molecular flexibility index (Phi) is 6.11. The number of rotatable bonds is 6. The third-order valence-electron chi connectivity index (χ3n) is 5.74. The van der Waals surface area contributed by atoms with Crippen LogP contribution in [0.15, 0.2) is 79.0 Å². The van der Waals surface area contributed by atoms with Crippen LogP contribution in [0.3, 0.4) is 0 Å². The number of aromatic nitrogens is 2. The number of pyridine rings is 1. The van der Waals surface area contributed by atoms with Crippen molar-refractivity contribution in [1.82, 2.24) is 20.6 Å². The van der Waals surface area contributed by atoms with Gasteiger partial charge in [-0.1, -0.05) is 42.5 Å². The first-order valence-electron chi connectivity index (χ1n) is 10.8. The van der Waals surface area contributed by atoms with E-state index in [4.69, 9.17) is 4.98 Å². The minimum Gasteiger partial charge on any atom is -0.360 e. The zero-order valence-corrected chi connectivity index (χ0v) is 20.3. The maximum absolute atomic E-state index is 13.3. The molecule has 5 aromatic rings. The van der Waals surface area contributed by atoms with Crippen molar-refractivity contribution in [2.75, 3.05) is 7.05 Å². The number of amides is 1. The van der Waals surface area contributed by atoms with Crippen LogP contribution in [-0.2, 0) is 13.1 Å². The van der Waals surface area contributed by atoms with Crippen molar-refractivity contribution in [3.05, 3.63) is 99.3 Å². The average Bonchev–Trinajstić information content (AvgIpc) is 3.27. The second-order valence-corrected chi connectivity index (χ2v) is 9.24. The summed E-state index contributed by atoms with van der Waals surface area (Å²) in [7, 11) is 1.93. The highest BCUT2D eigenvalue weighted by Gasteiger charge is 2.16. The van der Waals surface area contributed by atoms with Gasteiger partial charge in [0, 0.05) is 44.7 Å². The number of hydrogen-bond acceptors (Lipinski definition) is 3. The monoisotopic (exact) mass is 546 g/mol. The SMILES string of the molecule is CNCc1ccc(CNC(=O)c2cc(-c3c[nH]c4ccccc34)nc3ccc(I)cc23)cc1. The van der Waals surface area contributed by atoms with E-state index in [2.05, 4.69) is 68.5 Å². The second-order valence-electron chi connectivity index (χ2n) is 7.99. The van der Waals surface area contributed by atoms with Crippen molar-refractivity contribution in [3.63, 3.8) is 0 Å². The van der Waals surface area contributed by atoms with Crippen molar-refractivity contribution in [2.45, 2.75) is 13.1 Å². The van der Waals surface area contributed by atoms with Crippen LogP contribution in [-0.4, -0.2) is 22.9 Å². The summed E-state index contributed by atoms with van der Waals surface area (Å²) in [6.45, 7) is 1.29. The summed E-state index contributed by atoms with van der Waals surface area (Å²) in [6.07, 6.45) is 1.96. The van der Waals surface area contributed by atoms with Crippen LogP contribution in [0, 0.1) is 3.57 Å². The molecule has 3 N–H and O–H groups in total. The van der Waals surface area contributed by atoms with Crippen LogP contribution in [0.2, 0.25) is 0 Å². The van der Waals surface area contributed by atoms with Crippen molar-refractivity contribution in [2.24, 2.45) is 0 Å². The zero-order chi connectivity index (χ0) is 22.8. The molecular formula is C27H23IN4O. The maximum Gasteiger partial charge on any atom is 0.252 e. The summed E-state index contributed by atoms with van der Waals surface area (Å²) >= 11 is 2.27. The molecule has 0 aliphatic rings. The Labute approximate surface area is 205 Å². The fraction of sp³-hybridized carbons (Fsp3) is 0.111. The number of nitrogens with one attached hydrogen (secondary N) is 3. The highest BCUT2D eigenvalue weighted by atomic mass is 127. The van der Waals surface area contributed by atoms with E-state index in [-0.39, 0.29) is 5.91 Å². The Morgan fingerprint density at radius 1 is 0.939 bits per heavy atom. The Balaban J connectivity index is 1.50. The first kappa shape index (κ1) is 21.6. The topological polar surface area (TPSA) is 69.8 Å². The Bertz CT molecular complexity index is 1460. The van der Waals surface area contributed by atoms with Gasteiger partial charge in [0.05, 0.1) is 16.8 Å². The minimum atomic E-state index is -0.107. The Morgan fingerprint density at radius 2 is 1.70 bits per heavy atom. The van der Waals surface area contributed by atoms with Gasteiger partial charge in [0.2, 0.25) is 0 Å². The number of fused-ring (bicyclic) bond motifs is 2. The molecule has 0 fully saturated rings. The molecule has 0 bridgehead atoms. The van der Waals surface area contributed by atoms with E-state index >= 15 is 0 Å². The van der Waals surface area contributed by atoms with E-state index in [1.54, 1.807) is 0 Å². The molecule has 1 amide bonds. The zero-order valence-electron chi connectivity index (χ0n) is 18.2. The molecule has 3 aromatic carbocycles. The van der Waals surface area contributed by atoms with Crippen LogP contribution < -0.4 is 10.6 Å². The molecule has 0 aliphatic heterocycles. The number of para-hydroxylation sites is 1. The quantitative estimate of drug-likeness (QED) is 0.242. The van der Waals surface area contributed by atoms with E-state index in [1.165, 1.54) is 5.56 Å². The molecule has 5 nitrogen and oxygen atoms in total. The fourth-order valence-electron chi connectivity index (χ4n) is 4.06. The molecule has 2 aromatic heterocycles. The second kappa shape index (κ2) is 9.33. The number of aromatic amines is 1. The summed E-state index contributed by atoms with van der Waals surface area (Å²) in [5, 5.41) is 8.18. The molecule has 5 rings (SSSR count). The molecule has 0 radical (unpaired) electrons. The van der Waals surface area contributed by atoms with Gasteiger partial charge in [-0.2, -0.15) is 0 Å². The summed E-state index contributed by atoms with van der Waals surface area (Å²) in [5.41, 5.74) is 6.52. The predicted octanol–water partition coefficient (Wildman–Crippen LogP) is 5.64. The number of carbonyl (C=O) groups excluding carboxylic acids is 1. The minimum absolute atomic E-state index is 0.107. The molecule has 0 unspecified atom stereocenters. The van der Waals surface area contributed by atoms with Gasteiger partial charge in [0.1, 0.15) is 0 Å². The number of carbonyl (C=O) groups is 1.